The van der Waals surface area contributed by atoms with E-state index < -0.39 is 0 Å². The van der Waals surface area contributed by atoms with Gasteiger partial charge in [-0.05, 0) is 46.1 Å². The van der Waals surface area contributed by atoms with Crippen molar-refractivity contribution in [3.63, 3.8) is 0 Å². The lowest BCUT2D eigenvalue weighted by Gasteiger charge is -2.18. The van der Waals surface area contributed by atoms with E-state index in [-0.39, 0.29) is 6.03 Å². The maximum atomic E-state index is 12.3. The lowest BCUT2D eigenvalue weighted by molar-refractivity contribution is 0.257. The molecule has 1 aliphatic heterocycles. The van der Waals surface area contributed by atoms with E-state index in [2.05, 4.69) is 27.3 Å². The van der Waals surface area contributed by atoms with Crippen molar-refractivity contribution >= 4 is 33.3 Å². The quantitative estimate of drug-likeness (QED) is 0.846. The highest BCUT2D eigenvalue weighted by molar-refractivity contribution is 9.10. The van der Waals surface area contributed by atoms with Gasteiger partial charge in [0.15, 0.2) is 0 Å². The Labute approximate surface area is 120 Å². The summed E-state index contributed by atoms with van der Waals surface area (Å²) in [6.45, 7) is 0.732. The molecule has 2 amide bonds. The summed E-state index contributed by atoms with van der Waals surface area (Å²) in [5.74, 6) is 0. The molecule has 1 N–H and O–H groups in total. The molecule has 0 aromatic heterocycles. The van der Waals surface area contributed by atoms with Gasteiger partial charge in [0.2, 0.25) is 0 Å². The van der Waals surface area contributed by atoms with Crippen LogP contribution in [0.2, 0.25) is 0 Å². The molecule has 0 fully saturated rings. The Kier molecular flexibility index (Phi) is 3.25. The summed E-state index contributed by atoms with van der Waals surface area (Å²) in [4.78, 5) is 14.1. The fraction of sp³-hybridized carbons (Fsp3) is 0.133. The first kappa shape index (κ1) is 12.2. The maximum absolute atomic E-state index is 12.3. The fourth-order valence-electron chi connectivity index (χ4n) is 2.29. The van der Waals surface area contributed by atoms with Gasteiger partial charge in [-0.15, -0.1) is 0 Å². The van der Waals surface area contributed by atoms with E-state index in [1.165, 1.54) is 5.56 Å². The van der Waals surface area contributed by atoms with Crippen LogP contribution in [0.1, 0.15) is 5.56 Å². The average Bonchev–Trinajstić information content (AvgIpc) is 2.85. The van der Waals surface area contributed by atoms with Crippen molar-refractivity contribution < 1.29 is 4.79 Å². The van der Waals surface area contributed by atoms with Crippen LogP contribution in [-0.2, 0) is 6.42 Å². The van der Waals surface area contributed by atoms with Crippen LogP contribution in [0, 0.1) is 0 Å². The number of para-hydroxylation sites is 2. The summed E-state index contributed by atoms with van der Waals surface area (Å²) in [6, 6.07) is 15.6. The molecule has 3 nitrogen and oxygen atoms in total. The summed E-state index contributed by atoms with van der Waals surface area (Å²) in [5, 5.41) is 2.93. The molecule has 3 rings (SSSR count). The first-order chi connectivity index (χ1) is 9.25. The fourth-order valence-corrected chi connectivity index (χ4v) is 2.68. The molecule has 0 aliphatic carbocycles. The number of benzene rings is 2. The van der Waals surface area contributed by atoms with Crippen LogP contribution >= 0.6 is 15.9 Å². The van der Waals surface area contributed by atoms with E-state index in [9.17, 15) is 4.79 Å². The summed E-state index contributed by atoms with van der Waals surface area (Å²) < 4.78 is 0.885. The van der Waals surface area contributed by atoms with Crippen LogP contribution in [0.4, 0.5) is 16.2 Å². The Morgan fingerprint density at radius 1 is 1.11 bits per heavy atom. The van der Waals surface area contributed by atoms with Gasteiger partial charge in [0.25, 0.3) is 0 Å². The van der Waals surface area contributed by atoms with Crippen molar-refractivity contribution in [3.05, 3.63) is 58.6 Å². The van der Waals surface area contributed by atoms with Gasteiger partial charge in [0.1, 0.15) is 0 Å². The highest BCUT2D eigenvalue weighted by Crippen LogP contribution is 2.29. The molecular formula is C15H13BrN2O. The first-order valence-corrected chi connectivity index (χ1v) is 6.96. The molecule has 2 aromatic carbocycles. The second kappa shape index (κ2) is 5.05. The summed E-state index contributed by atoms with van der Waals surface area (Å²) in [6.07, 6.45) is 0.916. The molecule has 1 aliphatic rings. The number of amides is 2. The van der Waals surface area contributed by atoms with Crippen LogP contribution < -0.4 is 10.2 Å². The normalized spacial score (nSPS) is 13.2. The molecule has 1 heterocycles. The summed E-state index contributed by atoms with van der Waals surface area (Å²) in [5.41, 5.74) is 3.02. The molecule has 0 bridgehead atoms. The number of hydrogen-bond acceptors (Lipinski definition) is 1. The van der Waals surface area contributed by atoms with Gasteiger partial charge in [-0.1, -0.05) is 30.3 Å². The topological polar surface area (TPSA) is 32.3 Å². The number of carbonyl (C=O) groups is 1. The number of hydrogen-bond donors (Lipinski definition) is 1. The summed E-state index contributed by atoms with van der Waals surface area (Å²) in [7, 11) is 0. The number of nitrogens with zero attached hydrogens (tertiary/aromatic N) is 1. The van der Waals surface area contributed by atoms with E-state index in [0.717, 1.165) is 28.8 Å². The monoisotopic (exact) mass is 316 g/mol. The molecule has 4 heteroatoms. The number of carbonyl (C=O) groups excluding carboxylic acids is 1. The lowest BCUT2D eigenvalue weighted by atomic mass is 10.2. The Morgan fingerprint density at radius 3 is 2.68 bits per heavy atom. The highest BCUT2D eigenvalue weighted by Gasteiger charge is 2.24. The van der Waals surface area contributed by atoms with Crippen LogP contribution in [0.15, 0.2) is 53.0 Å². The van der Waals surface area contributed by atoms with Crippen molar-refractivity contribution in [2.24, 2.45) is 0 Å². The predicted octanol–water partition coefficient (Wildman–Crippen LogP) is 4.04. The zero-order valence-electron chi connectivity index (χ0n) is 10.3. The van der Waals surface area contributed by atoms with E-state index >= 15 is 0 Å². The lowest BCUT2D eigenvalue weighted by Crippen LogP contribution is -2.33. The standard InChI is InChI=1S/C15H13BrN2O/c16-12-6-2-3-7-13(12)17-15(19)18-10-9-11-5-1-4-8-14(11)18/h1-8H,9-10H2,(H,17,19). The van der Waals surface area contributed by atoms with Gasteiger partial charge in [0.05, 0.1) is 5.69 Å². The van der Waals surface area contributed by atoms with Gasteiger partial charge in [-0.25, -0.2) is 4.79 Å². The van der Waals surface area contributed by atoms with E-state index in [1.54, 1.807) is 4.90 Å². The summed E-state index contributed by atoms with van der Waals surface area (Å²) >= 11 is 3.43. The molecule has 2 aromatic rings. The van der Waals surface area contributed by atoms with Gasteiger partial charge >= 0.3 is 6.03 Å². The SMILES string of the molecule is O=C(Nc1ccccc1Br)N1CCc2ccccc21. The van der Waals surface area contributed by atoms with E-state index in [0.29, 0.717) is 0 Å². The number of anilines is 2. The highest BCUT2D eigenvalue weighted by atomic mass is 79.9. The van der Waals surface area contributed by atoms with Crippen molar-refractivity contribution in [2.75, 3.05) is 16.8 Å². The zero-order valence-corrected chi connectivity index (χ0v) is 11.9. The number of halogens is 1. The molecule has 0 unspecified atom stereocenters. The Morgan fingerprint density at radius 2 is 1.84 bits per heavy atom. The number of rotatable bonds is 1. The van der Waals surface area contributed by atoms with Gasteiger partial charge in [0, 0.05) is 16.7 Å². The number of nitrogens with one attached hydrogen (secondary N) is 1. The first-order valence-electron chi connectivity index (χ1n) is 6.16. The third-order valence-electron chi connectivity index (χ3n) is 3.25. The minimum atomic E-state index is -0.0862. The van der Waals surface area contributed by atoms with Crippen LogP contribution in [0.25, 0.3) is 0 Å². The Bertz CT molecular complexity index is 627. The molecule has 0 radical (unpaired) electrons. The Hall–Kier alpha value is -1.81. The zero-order chi connectivity index (χ0) is 13.2. The van der Waals surface area contributed by atoms with Gasteiger partial charge < -0.3 is 5.32 Å². The second-order valence-electron chi connectivity index (χ2n) is 4.44. The van der Waals surface area contributed by atoms with Crippen molar-refractivity contribution in [3.8, 4) is 0 Å². The largest absolute Gasteiger partial charge is 0.326 e. The predicted molar refractivity (Wildman–Crippen MR) is 80.7 cm³/mol. The van der Waals surface area contributed by atoms with Crippen molar-refractivity contribution in [1.82, 2.24) is 0 Å². The van der Waals surface area contributed by atoms with E-state index in [1.807, 2.05) is 42.5 Å². The third kappa shape index (κ3) is 2.36. The Balaban J connectivity index is 1.81. The molecule has 19 heavy (non-hydrogen) atoms. The second-order valence-corrected chi connectivity index (χ2v) is 5.29. The molecule has 0 atom stereocenters. The van der Waals surface area contributed by atoms with Crippen LogP contribution in [0.3, 0.4) is 0 Å². The van der Waals surface area contributed by atoms with Gasteiger partial charge in [-0.3, -0.25) is 4.90 Å². The third-order valence-corrected chi connectivity index (χ3v) is 3.94. The molecule has 0 saturated heterocycles. The molecular weight excluding hydrogens is 304 g/mol. The smallest absolute Gasteiger partial charge is 0.306 e. The minimum absolute atomic E-state index is 0.0862. The van der Waals surface area contributed by atoms with Gasteiger partial charge in [-0.2, -0.15) is 0 Å². The van der Waals surface area contributed by atoms with E-state index in [4.69, 9.17) is 0 Å². The van der Waals surface area contributed by atoms with Crippen LogP contribution in [-0.4, -0.2) is 12.6 Å². The molecule has 0 spiro atoms. The minimum Gasteiger partial charge on any atom is -0.306 e. The average molecular weight is 317 g/mol. The molecule has 0 saturated carbocycles. The number of urea groups is 1. The maximum Gasteiger partial charge on any atom is 0.326 e. The molecule has 96 valence electrons. The van der Waals surface area contributed by atoms with Crippen LogP contribution in [0.5, 0.6) is 0 Å². The van der Waals surface area contributed by atoms with Crippen molar-refractivity contribution in [2.45, 2.75) is 6.42 Å². The van der Waals surface area contributed by atoms with Crippen molar-refractivity contribution in [1.29, 1.82) is 0 Å². The number of fused-ring (bicyclic) bond motifs is 1.